The van der Waals surface area contributed by atoms with Crippen molar-refractivity contribution in [2.75, 3.05) is 30.0 Å². The van der Waals surface area contributed by atoms with Gasteiger partial charge < -0.3 is 24.1 Å². The number of carbonyl (C=O) groups excluding carboxylic acids is 3. The van der Waals surface area contributed by atoms with Crippen LogP contribution in [0.15, 0.2) is 63.8 Å². The molecule has 9 heteroatoms. The summed E-state index contributed by atoms with van der Waals surface area (Å²) in [7, 11) is 0. The molecular weight excluding hydrogens is 416 g/mol. The summed E-state index contributed by atoms with van der Waals surface area (Å²) < 4.78 is 15.4. The first kappa shape index (κ1) is 21.1. The van der Waals surface area contributed by atoms with Gasteiger partial charge in [-0.25, -0.2) is 9.59 Å². The minimum Gasteiger partial charge on any atom is -0.482 e. The summed E-state index contributed by atoms with van der Waals surface area (Å²) in [4.78, 5) is 49.2. The van der Waals surface area contributed by atoms with Crippen molar-refractivity contribution in [3.8, 4) is 5.75 Å². The lowest BCUT2D eigenvalue weighted by Gasteiger charge is -2.19. The Balaban J connectivity index is 1.29. The third kappa shape index (κ3) is 4.94. The highest BCUT2D eigenvalue weighted by Crippen LogP contribution is 2.29. The third-order valence-corrected chi connectivity index (χ3v) is 4.86. The van der Waals surface area contributed by atoms with Gasteiger partial charge in [0.1, 0.15) is 11.3 Å². The van der Waals surface area contributed by atoms with Gasteiger partial charge >= 0.3 is 11.6 Å². The molecule has 0 bridgehead atoms. The fraction of sp³-hybridized carbons (Fsp3) is 0.217. The van der Waals surface area contributed by atoms with E-state index in [1.807, 2.05) is 0 Å². The maximum atomic E-state index is 12.2. The normalized spacial score (nSPS) is 13.2. The molecule has 1 N–H and O–H groups in total. The summed E-state index contributed by atoms with van der Waals surface area (Å²) >= 11 is 0. The molecule has 4 rings (SSSR count). The standard InChI is InChI=1S/C23H20N2O7/c26-20(24-17-4-1-2-5-18(17)25-11-3-6-21(25)27)13-31-23(29)14-30-16-9-7-15-8-10-22(28)32-19(15)12-16/h1-2,4-5,7-10,12H,3,6,11,13-14H2,(H,24,26). The molecule has 1 aromatic heterocycles. The zero-order valence-corrected chi connectivity index (χ0v) is 17.0. The molecule has 1 aliphatic rings. The van der Waals surface area contributed by atoms with Gasteiger partial charge in [0.15, 0.2) is 13.2 Å². The van der Waals surface area contributed by atoms with Gasteiger partial charge in [0.2, 0.25) is 5.91 Å². The molecular formula is C23H20N2O7. The molecule has 0 unspecified atom stereocenters. The molecule has 9 nitrogen and oxygen atoms in total. The van der Waals surface area contributed by atoms with Gasteiger partial charge in [-0.2, -0.15) is 0 Å². The Kier molecular flexibility index (Phi) is 6.16. The van der Waals surface area contributed by atoms with E-state index in [4.69, 9.17) is 13.9 Å². The lowest BCUT2D eigenvalue weighted by atomic mass is 10.2. The summed E-state index contributed by atoms with van der Waals surface area (Å²) in [6.45, 7) is -0.331. The summed E-state index contributed by atoms with van der Waals surface area (Å²) in [5.41, 5.74) is 0.923. The summed E-state index contributed by atoms with van der Waals surface area (Å²) in [5, 5.41) is 3.38. The van der Waals surface area contributed by atoms with E-state index in [1.165, 1.54) is 12.1 Å². The van der Waals surface area contributed by atoms with E-state index in [0.717, 1.165) is 6.42 Å². The molecule has 0 atom stereocenters. The Bertz CT molecular complexity index is 1230. The van der Waals surface area contributed by atoms with Crippen molar-refractivity contribution >= 4 is 40.1 Å². The molecule has 2 amide bonds. The van der Waals surface area contributed by atoms with Crippen molar-refractivity contribution in [2.24, 2.45) is 0 Å². The van der Waals surface area contributed by atoms with Crippen LogP contribution in [0.4, 0.5) is 11.4 Å². The number of benzene rings is 2. The summed E-state index contributed by atoms with van der Waals surface area (Å²) in [6, 6.07) is 14.7. The molecule has 164 valence electrons. The minimum absolute atomic E-state index is 0.00300. The number of amides is 2. The Labute approximate surface area is 182 Å². The van der Waals surface area contributed by atoms with Crippen molar-refractivity contribution < 1.29 is 28.3 Å². The van der Waals surface area contributed by atoms with E-state index >= 15 is 0 Å². The predicted octanol–water partition coefficient (Wildman–Crippen LogP) is 2.48. The highest BCUT2D eigenvalue weighted by Gasteiger charge is 2.24. The number of nitrogens with one attached hydrogen (secondary N) is 1. The van der Waals surface area contributed by atoms with Crippen molar-refractivity contribution in [1.29, 1.82) is 0 Å². The van der Waals surface area contributed by atoms with Gasteiger partial charge in [-0.1, -0.05) is 12.1 Å². The molecule has 1 saturated heterocycles. The van der Waals surface area contributed by atoms with Crippen LogP contribution < -0.4 is 20.6 Å². The zero-order chi connectivity index (χ0) is 22.5. The SMILES string of the molecule is O=C(COC(=O)COc1ccc2ccc(=O)oc2c1)Nc1ccccc1N1CCCC1=O. The van der Waals surface area contributed by atoms with Gasteiger partial charge in [-0.05, 0) is 36.8 Å². The van der Waals surface area contributed by atoms with E-state index in [2.05, 4.69) is 5.32 Å². The van der Waals surface area contributed by atoms with E-state index in [9.17, 15) is 19.2 Å². The Morgan fingerprint density at radius 3 is 2.66 bits per heavy atom. The molecule has 2 heterocycles. The maximum absolute atomic E-state index is 12.2. The molecule has 0 saturated carbocycles. The van der Waals surface area contributed by atoms with Crippen LogP contribution in [0.3, 0.4) is 0 Å². The van der Waals surface area contributed by atoms with Gasteiger partial charge in [-0.3, -0.25) is 9.59 Å². The van der Waals surface area contributed by atoms with E-state index in [1.54, 1.807) is 47.4 Å². The number of fused-ring (bicyclic) bond motifs is 1. The average Bonchev–Trinajstić information content (AvgIpc) is 3.22. The lowest BCUT2D eigenvalue weighted by molar-refractivity contribution is -0.149. The quantitative estimate of drug-likeness (QED) is 0.447. The summed E-state index contributed by atoms with van der Waals surface area (Å²) in [6.07, 6.45) is 1.24. The molecule has 3 aromatic rings. The van der Waals surface area contributed by atoms with Crippen molar-refractivity contribution in [3.05, 3.63) is 65.0 Å². The van der Waals surface area contributed by atoms with Gasteiger partial charge in [0.25, 0.3) is 5.91 Å². The number of esters is 1. The Morgan fingerprint density at radius 1 is 1.03 bits per heavy atom. The number of hydrogen-bond acceptors (Lipinski definition) is 7. The number of nitrogens with zero attached hydrogens (tertiary/aromatic N) is 1. The van der Waals surface area contributed by atoms with Crippen LogP contribution in [0.25, 0.3) is 11.0 Å². The smallest absolute Gasteiger partial charge is 0.344 e. The van der Waals surface area contributed by atoms with E-state index in [-0.39, 0.29) is 5.91 Å². The number of ether oxygens (including phenoxy) is 2. The lowest BCUT2D eigenvalue weighted by Crippen LogP contribution is -2.27. The Morgan fingerprint density at radius 2 is 1.84 bits per heavy atom. The average molecular weight is 436 g/mol. The first-order valence-electron chi connectivity index (χ1n) is 10.0. The zero-order valence-electron chi connectivity index (χ0n) is 17.0. The number of anilines is 2. The van der Waals surface area contributed by atoms with Crippen molar-refractivity contribution in [2.45, 2.75) is 12.8 Å². The molecule has 2 aromatic carbocycles. The molecule has 32 heavy (non-hydrogen) atoms. The highest BCUT2D eigenvalue weighted by molar-refractivity contribution is 6.02. The van der Waals surface area contributed by atoms with Gasteiger partial charge in [0, 0.05) is 30.5 Å². The maximum Gasteiger partial charge on any atom is 0.344 e. The fourth-order valence-corrected chi connectivity index (χ4v) is 3.36. The predicted molar refractivity (Wildman–Crippen MR) is 116 cm³/mol. The minimum atomic E-state index is -0.738. The monoisotopic (exact) mass is 436 g/mol. The van der Waals surface area contributed by atoms with Crippen LogP contribution in [0.5, 0.6) is 5.75 Å². The largest absolute Gasteiger partial charge is 0.482 e. The number of rotatable bonds is 7. The highest BCUT2D eigenvalue weighted by atomic mass is 16.6. The van der Waals surface area contributed by atoms with Crippen LogP contribution in [-0.2, 0) is 19.1 Å². The molecule has 0 spiro atoms. The van der Waals surface area contributed by atoms with E-state index < -0.39 is 30.7 Å². The second kappa shape index (κ2) is 9.34. The van der Waals surface area contributed by atoms with Crippen LogP contribution in [0.2, 0.25) is 0 Å². The number of hydrogen-bond donors (Lipinski definition) is 1. The van der Waals surface area contributed by atoms with Crippen LogP contribution >= 0.6 is 0 Å². The second-order valence-corrected chi connectivity index (χ2v) is 7.12. The van der Waals surface area contributed by atoms with Gasteiger partial charge in [-0.15, -0.1) is 0 Å². The Hall–Kier alpha value is -4.14. The number of carbonyl (C=O) groups is 3. The summed E-state index contributed by atoms with van der Waals surface area (Å²) in [5.74, 6) is -0.955. The molecule has 0 radical (unpaired) electrons. The second-order valence-electron chi connectivity index (χ2n) is 7.12. The molecule has 1 aliphatic heterocycles. The third-order valence-electron chi connectivity index (χ3n) is 4.86. The first-order chi connectivity index (χ1) is 15.5. The number of para-hydroxylation sites is 2. The van der Waals surface area contributed by atoms with Crippen molar-refractivity contribution in [1.82, 2.24) is 0 Å². The molecule has 1 fully saturated rings. The van der Waals surface area contributed by atoms with E-state index in [0.29, 0.717) is 41.1 Å². The van der Waals surface area contributed by atoms with Crippen molar-refractivity contribution in [3.63, 3.8) is 0 Å². The fourth-order valence-electron chi connectivity index (χ4n) is 3.36. The van der Waals surface area contributed by atoms with Crippen LogP contribution in [0, 0.1) is 0 Å². The van der Waals surface area contributed by atoms with Crippen LogP contribution in [-0.4, -0.2) is 37.5 Å². The topological polar surface area (TPSA) is 115 Å². The first-order valence-corrected chi connectivity index (χ1v) is 10.0. The van der Waals surface area contributed by atoms with Gasteiger partial charge in [0.05, 0.1) is 11.4 Å². The van der Waals surface area contributed by atoms with Crippen LogP contribution in [0.1, 0.15) is 12.8 Å². The molecule has 0 aliphatic carbocycles.